The molecule has 3 rings (SSSR count). The molecule has 2 fully saturated rings. The molecule has 1 saturated heterocycles. The Bertz CT molecular complexity index is 464. The van der Waals surface area contributed by atoms with Crippen molar-refractivity contribution in [2.75, 3.05) is 13.2 Å². The molecule has 1 amide bonds. The van der Waals surface area contributed by atoms with Gasteiger partial charge in [-0.1, -0.05) is 6.92 Å². The van der Waals surface area contributed by atoms with Crippen LogP contribution in [0.5, 0.6) is 0 Å². The average molecular weight is 307 g/mol. The summed E-state index contributed by atoms with van der Waals surface area (Å²) in [5, 5.41) is 11.0. The van der Waals surface area contributed by atoms with Crippen LogP contribution in [-0.4, -0.2) is 56.3 Å². The zero-order valence-corrected chi connectivity index (χ0v) is 13.2. The highest BCUT2D eigenvalue weighted by Gasteiger charge is 2.30. The molecule has 122 valence electrons. The summed E-state index contributed by atoms with van der Waals surface area (Å²) in [4.78, 5) is 14.8. The molecule has 0 unspecified atom stereocenters. The fraction of sp³-hybridized carbons (Fsp3) is 0.867. The van der Waals surface area contributed by atoms with Crippen LogP contribution >= 0.6 is 0 Å². The molecule has 2 aliphatic rings. The van der Waals surface area contributed by atoms with E-state index in [-0.39, 0.29) is 18.6 Å². The van der Waals surface area contributed by atoms with Gasteiger partial charge in [0.2, 0.25) is 5.91 Å². The number of amides is 1. The molecule has 1 atom stereocenters. The van der Waals surface area contributed by atoms with E-state index in [9.17, 15) is 4.79 Å². The number of carbonyl (C=O) groups is 1. The largest absolute Gasteiger partial charge is 0.376 e. The normalized spacial score (nSPS) is 28.7. The van der Waals surface area contributed by atoms with Gasteiger partial charge in [-0.05, 0) is 54.9 Å². The summed E-state index contributed by atoms with van der Waals surface area (Å²) in [6.45, 7) is 4.04. The van der Waals surface area contributed by atoms with Gasteiger partial charge < -0.3 is 9.64 Å². The molecule has 1 saturated carbocycles. The number of aromatic nitrogens is 4. The van der Waals surface area contributed by atoms with E-state index >= 15 is 0 Å². The van der Waals surface area contributed by atoms with Gasteiger partial charge in [-0.2, -0.15) is 0 Å². The third-order valence-corrected chi connectivity index (χ3v) is 4.86. The van der Waals surface area contributed by atoms with Crippen molar-refractivity contribution >= 4 is 5.91 Å². The molecular formula is C15H25N5O2. The maximum Gasteiger partial charge on any atom is 0.244 e. The predicted molar refractivity (Wildman–Crippen MR) is 79.9 cm³/mol. The molecule has 7 nitrogen and oxygen atoms in total. The first kappa shape index (κ1) is 15.4. The summed E-state index contributed by atoms with van der Waals surface area (Å²) in [7, 11) is 0. The molecule has 1 aliphatic carbocycles. The topological polar surface area (TPSA) is 73.1 Å². The van der Waals surface area contributed by atoms with Gasteiger partial charge in [-0.3, -0.25) is 4.79 Å². The maximum absolute atomic E-state index is 12.7. The third-order valence-electron chi connectivity index (χ3n) is 4.86. The number of tetrazole rings is 1. The van der Waals surface area contributed by atoms with Gasteiger partial charge in [-0.25, -0.2) is 4.68 Å². The second-order valence-electron chi connectivity index (χ2n) is 6.60. The van der Waals surface area contributed by atoms with Crippen LogP contribution in [0.2, 0.25) is 0 Å². The minimum atomic E-state index is 0.0994. The number of ether oxygens (including phenoxy) is 1. The number of rotatable bonds is 5. The van der Waals surface area contributed by atoms with E-state index in [2.05, 4.69) is 22.4 Å². The summed E-state index contributed by atoms with van der Waals surface area (Å²) in [6, 6.07) is 0.337. The second kappa shape index (κ2) is 7.17. The summed E-state index contributed by atoms with van der Waals surface area (Å²) < 4.78 is 7.24. The van der Waals surface area contributed by atoms with Gasteiger partial charge in [0, 0.05) is 19.2 Å². The molecule has 1 aromatic rings. The lowest BCUT2D eigenvalue weighted by molar-refractivity contribution is -0.137. The van der Waals surface area contributed by atoms with E-state index in [1.165, 1.54) is 23.9 Å². The van der Waals surface area contributed by atoms with Gasteiger partial charge >= 0.3 is 0 Å². The molecule has 0 spiro atoms. The number of nitrogens with zero attached hydrogens (tertiary/aromatic N) is 5. The lowest BCUT2D eigenvalue weighted by atomic mass is 9.86. The fourth-order valence-corrected chi connectivity index (χ4v) is 3.50. The Kier molecular flexibility index (Phi) is 5.02. The van der Waals surface area contributed by atoms with Crippen LogP contribution < -0.4 is 0 Å². The van der Waals surface area contributed by atoms with Crippen molar-refractivity contribution in [3.8, 4) is 0 Å². The van der Waals surface area contributed by atoms with Crippen LogP contribution in [0.1, 0.15) is 45.4 Å². The van der Waals surface area contributed by atoms with Gasteiger partial charge in [0.1, 0.15) is 12.9 Å². The van der Waals surface area contributed by atoms with Gasteiger partial charge in [0.05, 0.1) is 6.10 Å². The van der Waals surface area contributed by atoms with Crippen molar-refractivity contribution in [1.82, 2.24) is 25.1 Å². The fourth-order valence-electron chi connectivity index (χ4n) is 3.50. The first-order valence-electron chi connectivity index (χ1n) is 8.34. The van der Waals surface area contributed by atoms with Crippen LogP contribution in [-0.2, 0) is 16.1 Å². The van der Waals surface area contributed by atoms with Crippen LogP contribution in [0.3, 0.4) is 0 Å². The molecule has 0 aromatic carbocycles. The second-order valence-corrected chi connectivity index (χ2v) is 6.60. The van der Waals surface area contributed by atoms with E-state index in [1.54, 1.807) is 0 Å². The summed E-state index contributed by atoms with van der Waals surface area (Å²) in [5.41, 5.74) is 0. The van der Waals surface area contributed by atoms with Gasteiger partial charge in [0.25, 0.3) is 0 Å². The molecule has 0 bridgehead atoms. The molecule has 22 heavy (non-hydrogen) atoms. The molecule has 1 aliphatic heterocycles. The lowest BCUT2D eigenvalue weighted by Crippen LogP contribution is -2.47. The Balaban J connectivity index is 1.65. The summed E-state index contributed by atoms with van der Waals surface area (Å²) in [6.07, 6.45) is 8.42. The molecule has 2 heterocycles. The Morgan fingerprint density at radius 3 is 2.77 bits per heavy atom. The average Bonchev–Trinajstić information content (AvgIpc) is 3.19. The summed E-state index contributed by atoms with van der Waals surface area (Å²) >= 11 is 0. The van der Waals surface area contributed by atoms with E-state index in [0.29, 0.717) is 12.6 Å². The SMILES string of the molecule is CC1CCC(N(C[C@@H]2CCCO2)C(=O)Cn2cnnn2)CC1. The van der Waals surface area contributed by atoms with Crippen LogP contribution in [0.15, 0.2) is 6.33 Å². The smallest absolute Gasteiger partial charge is 0.244 e. The van der Waals surface area contributed by atoms with Crippen molar-refractivity contribution in [2.45, 2.75) is 64.1 Å². The quantitative estimate of drug-likeness (QED) is 0.819. The Hall–Kier alpha value is -1.50. The Labute approximate surface area is 131 Å². The van der Waals surface area contributed by atoms with Crippen molar-refractivity contribution in [1.29, 1.82) is 0 Å². The predicted octanol–water partition coefficient (Wildman–Crippen LogP) is 1.26. The van der Waals surface area contributed by atoms with Crippen LogP contribution in [0.4, 0.5) is 0 Å². The first-order valence-corrected chi connectivity index (χ1v) is 8.34. The highest BCUT2D eigenvalue weighted by Crippen LogP contribution is 2.28. The molecule has 7 heteroatoms. The minimum Gasteiger partial charge on any atom is -0.376 e. The first-order chi connectivity index (χ1) is 10.7. The van der Waals surface area contributed by atoms with E-state index in [4.69, 9.17) is 4.74 Å². The standard InChI is InChI=1S/C15H25N5O2/c1-12-4-6-13(7-5-12)20(9-14-3-2-8-22-14)15(21)10-19-11-16-17-18-19/h11-14H,2-10H2,1H3/t12?,13?,14-/m0/s1. The van der Waals surface area contributed by atoms with Crippen LogP contribution in [0.25, 0.3) is 0 Å². The Morgan fingerprint density at radius 1 is 1.32 bits per heavy atom. The van der Waals surface area contributed by atoms with E-state index in [0.717, 1.165) is 38.2 Å². The highest BCUT2D eigenvalue weighted by molar-refractivity contribution is 5.76. The number of hydrogen-bond acceptors (Lipinski definition) is 5. The highest BCUT2D eigenvalue weighted by atomic mass is 16.5. The molecule has 0 radical (unpaired) electrons. The zero-order valence-electron chi connectivity index (χ0n) is 13.2. The maximum atomic E-state index is 12.7. The van der Waals surface area contributed by atoms with Crippen molar-refractivity contribution < 1.29 is 9.53 Å². The zero-order chi connectivity index (χ0) is 15.4. The third kappa shape index (κ3) is 3.82. The Morgan fingerprint density at radius 2 is 2.14 bits per heavy atom. The van der Waals surface area contributed by atoms with Gasteiger partial charge in [-0.15, -0.1) is 5.10 Å². The number of carbonyl (C=O) groups excluding carboxylic acids is 1. The minimum absolute atomic E-state index is 0.0994. The molecule has 0 N–H and O–H groups in total. The van der Waals surface area contributed by atoms with Gasteiger partial charge in [0.15, 0.2) is 0 Å². The van der Waals surface area contributed by atoms with E-state index in [1.807, 2.05) is 4.90 Å². The molecular weight excluding hydrogens is 282 g/mol. The van der Waals surface area contributed by atoms with Crippen molar-refractivity contribution in [3.63, 3.8) is 0 Å². The molecule has 1 aromatic heterocycles. The number of hydrogen-bond donors (Lipinski definition) is 0. The van der Waals surface area contributed by atoms with Crippen LogP contribution in [0, 0.1) is 5.92 Å². The monoisotopic (exact) mass is 307 g/mol. The van der Waals surface area contributed by atoms with Crippen molar-refractivity contribution in [3.05, 3.63) is 6.33 Å². The lowest BCUT2D eigenvalue weighted by Gasteiger charge is -2.37. The van der Waals surface area contributed by atoms with E-state index < -0.39 is 0 Å². The summed E-state index contributed by atoms with van der Waals surface area (Å²) in [5.74, 6) is 0.873. The van der Waals surface area contributed by atoms with Crippen molar-refractivity contribution in [2.24, 2.45) is 5.92 Å².